The van der Waals surface area contributed by atoms with Crippen LogP contribution in [0.25, 0.3) is 0 Å². The Morgan fingerprint density at radius 1 is 1.35 bits per heavy atom. The minimum atomic E-state index is -3.96. The molecule has 0 heterocycles. The van der Waals surface area contributed by atoms with Crippen LogP contribution in [0.1, 0.15) is 6.92 Å². The molecule has 0 spiro atoms. The summed E-state index contributed by atoms with van der Waals surface area (Å²) in [5.74, 6) is 0.0857. The molecule has 0 saturated carbocycles. The van der Waals surface area contributed by atoms with Crippen LogP contribution in [0.2, 0.25) is 0 Å². The van der Waals surface area contributed by atoms with Gasteiger partial charge in [-0.15, -0.1) is 3.77 Å². The highest BCUT2D eigenvalue weighted by Crippen LogP contribution is 2.27. The predicted octanol–water partition coefficient (Wildman–Crippen LogP) is 1.96. The highest BCUT2D eigenvalue weighted by Gasteiger charge is 2.16. The minimum Gasteiger partial charge on any atom is -0.507 e. The van der Waals surface area contributed by atoms with Crippen LogP contribution in [0.3, 0.4) is 0 Å². The van der Waals surface area contributed by atoms with Gasteiger partial charge >= 0.3 is 0 Å². The molecule has 1 unspecified atom stereocenters. The summed E-state index contributed by atoms with van der Waals surface area (Å²) in [6, 6.07) is 3.67. The fourth-order valence-electron chi connectivity index (χ4n) is 0.951. The van der Waals surface area contributed by atoms with Crippen LogP contribution < -0.4 is 0 Å². The maximum Gasteiger partial charge on any atom is 0.290 e. The van der Waals surface area contributed by atoms with Crippen LogP contribution in [0.5, 0.6) is 5.75 Å². The van der Waals surface area contributed by atoms with Gasteiger partial charge in [-0.25, -0.2) is 4.21 Å². The van der Waals surface area contributed by atoms with Crippen molar-refractivity contribution < 1.29 is 17.7 Å². The smallest absolute Gasteiger partial charge is 0.290 e. The summed E-state index contributed by atoms with van der Waals surface area (Å²) in [6.07, 6.45) is 1.29. The van der Waals surface area contributed by atoms with Crippen molar-refractivity contribution in [3.05, 3.63) is 22.7 Å². The fourth-order valence-corrected chi connectivity index (χ4v) is 4.41. The Bertz CT molecular complexity index is 645. The number of phenols is 1. The normalized spacial score (nSPS) is 15.2. The highest BCUT2D eigenvalue weighted by molar-refractivity contribution is 9.10. The Morgan fingerprint density at radius 3 is 2.41 bits per heavy atom. The Morgan fingerprint density at radius 2 is 1.94 bits per heavy atom. The van der Waals surface area contributed by atoms with Gasteiger partial charge in [0.15, 0.2) is 0 Å². The van der Waals surface area contributed by atoms with Crippen LogP contribution >= 0.6 is 15.9 Å². The Labute approximate surface area is 109 Å². The van der Waals surface area contributed by atoms with Crippen molar-refractivity contribution in [2.75, 3.05) is 12.0 Å². The summed E-state index contributed by atoms with van der Waals surface area (Å²) >= 11 is 3.01. The van der Waals surface area contributed by atoms with Crippen molar-refractivity contribution in [3.8, 4) is 5.75 Å². The van der Waals surface area contributed by atoms with Crippen molar-refractivity contribution in [3.63, 3.8) is 0 Å². The molecule has 1 atom stereocenters. The average molecular weight is 342 g/mol. The summed E-state index contributed by atoms with van der Waals surface area (Å²) in [7, 11) is -6.70. The summed E-state index contributed by atoms with van der Waals surface area (Å²) in [4.78, 5) is -0.106. The molecule has 17 heavy (non-hydrogen) atoms. The molecule has 0 bridgehead atoms. The van der Waals surface area contributed by atoms with Gasteiger partial charge in [0, 0.05) is 12.0 Å². The number of phenolic OH excluding ortho intramolecular Hbond substituents is 1. The minimum absolute atomic E-state index is 0.0725. The second kappa shape index (κ2) is 4.95. The summed E-state index contributed by atoms with van der Waals surface area (Å²) < 4.78 is 39.0. The third kappa shape index (κ3) is 3.68. The molecule has 1 aromatic carbocycles. The van der Waals surface area contributed by atoms with Gasteiger partial charge in [-0.05, 0) is 34.1 Å². The molecule has 0 fully saturated rings. The van der Waals surface area contributed by atoms with Crippen molar-refractivity contribution in [1.82, 2.24) is 0 Å². The quantitative estimate of drug-likeness (QED) is 0.910. The second-order valence-corrected chi connectivity index (χ2v) is 8.78. The first-order valence-corrected chi connectivity index (χ1v) is 8.95. The number of benzene rings is 1. The van der Waals surface area contributed by atoms with Gasteiger partial charge in [-0.1, -0.05) is 6.92 Å². The van der Waals surface area contributed by atoms with Gasteiger partial charge in [-0.3, -0.25) is 0 Å². The fraction of sp³-hybridized carbons (Fsp3) is 0.333. The van der Waals surface area contributed by atoms with E-state index in [1.807, 2.05) is 0 Å². The van der Waals surface area contributed by atoms with E-state index in [2.05, 4.69) is 19.7 Å². The van der Waals surface area contributed by atoms with Crippen molar-refractivity contribution in [2.45, 2.75) is 11.8 Å². The van der Waals surface area contributed by atoms with Crippen LogP contribution in [-0.4, -0.2) is 29.7 Å². The van der Waals surface area contributed by atoms with Gasteiger partial charge in [0.1, 0.15) is 5.75 Å². The molecule has 0 aliphatic carbocycles. The Balaban J connectivity index is 3.38. The molecule has 1 N–H and O–H groups in total. The average Bonchev–Trinajstić information content (AvgIpc) is 2.20. The predicted molar refractivity (Wildman–Crippen MR) is 70.0 cm³/mol. The largest absolute Gasteiger partial charge is 0.507 e. The second-order valence-electron chi connectivity index (χ2n) is 3.41. The van der Waals surface area contributed by atoms with Crippen molar-refractivity contribution in [2.24, 2.45) is 3.77 Å². The molecule has 0 radical (unpaired) electrons. The van der Waals surface area contributed by atoms with Crippen molar-refractivity contribution in [1.29, 1.82) is 0 Å². The summed E-state index contributed by atoms with van der Waals surface area (Å²) in [5.41, 5.74) is 0. The van der Waals surface area contributed by atoms with Crippen LogP contribution in [0, 0.1) is 0 Å². The van der Waals surface area contributed by atoms with E-state index in [9.17, 15) is 17.7 Å². The van der Waals surface area contributed by atoms with Crippen LogP contribution in [0.4, 0.5) is 0 Å². The van der Waals surface area contributed by atoms with E-state index in [4.69, 9.17) is 0 Å². The Kier molecular flexibility index (Phi) is 4.21. The molecule has 1 aromatic rings. The number of hydrogen-bond acceptors (Lipinski definition) is 4. The molecule has 0 aromatic heterocycles. The maximum atomic E-state index is 11.8. The zero-order valence-electron chi connectivity index (χ0n) is 9.25. The van der Waals surface area contributed by atoms with E-state index in [-0.39, 0.29) is 20.9 Å². The number of hydrogen-bond donors (Lipinski definition) is 1. The lowest BCUT2D eigenvalue weighted by molar-refractivity contribution is 0.471. The lowest BCUT2D eigenvalue weighted by Gasteiger charge is -2.03. The van der Waals surface area contributed by atoms with E-state index in [0.29, 0.717) is 0 Å². The molecule has 0 saturated heterocycles. The number of nitrogens with zero attached hydrogens (tertiary/aromatic N) is 1. The van der Waals surface area contributed by atoms with Gasteiger partial charge in [-0.2, -0.15) is 8.42 Å². The first-order chi connectivity index (χ1) is 7.68. The molecule has 5 nitrogen and oxygen atoms in total. The number of rotatable bonds is 3. The SMILES string of the molecule is CCS(C)(=O)=NS(=O)(=O)c1ccc(O)c(Br)c1. The molecule has 0 aliphatic rings. The van der Waals surface area contributed by atoms with Crippen molar-refractivity contribution >= 4 is 35.7 Å². The Hall–Kier alpha value is -0.600. The lowest BCUT2D eigenvalue weighted by atomic mass is 10.3. The van der Waals surface area contributed by atoms with Crippen LogP contribution in [-0.2, 0) is 19.8 Å². The highest BCUT2D eigenvalue weighted by atomic mass is 79.9. The molecule has 0 amide bonds. The summed E-state index contributed by atoms with van der Waals surface area (Å²) in [6.45, 7) is 1.61. The number of aromatic hydroxyl groups is 1. The van der Waals surface area contributed by atoms with E-state index < -0.39 is 19.8 Å². The summed E-state index contributed by atoms with van der Waals surface area (Å²) in [5, 5.41) is 9.26. The standard InChI is InChI=1S/C9H12BrNO4S2/c1-3-16(2,13)11-17(14,15)7-4-5-9(12)8(10)6-7/h4-6,12H,3H2,1-2H3. The molecular weight excluding hydrogens is 330 g/mol. The van der Waals surface area contributed by atoms with Gasteiger partial charge in [0.05, 0.1) is 19.1 Å². The first-order valence-electron chi connectivity index (χ1n) is 4.62. The first kappa shape index (κ1) is 14.5. The van der Waals surface area contributed by atoms with Gasteiger partial charge in [0.2, 0.25) is 0 Å². The van der Waals surface area contributed by atoms with Gasteiger partial charge < -0.3 is 5.11 Å². The maximum absolute atomic E-state index is 11.8. The monoisotopic (exact) mass is 341 g/mol. The van der Waals surface area contributed by atoms with E-state index >= 15 is 0 Å². The third-order valence-corrected chi connectivity index (χ3v) is 6.61. The molecule has 1 rings (SSSR count). The van der Waals surface area contributed by atoms with Crippen LogP contribution in [0.15, 0.2) is 31.3 Å². The van der Waals surface area contributed by atoms with E-state index in [0.717, 1.165) is 0 Å². The van der Waals surface area contributed by atoms with E-state index in [1.54, 1.807) is 6.92 Å². The molecular formula is C9H12BrNO4S2. The molecule has 96 valence electrons. The third-order valence-electron chi connectivity index (χ3n) is 2.01. The number of halogens is 1. The zero-order valence-corrected chi connectivity index (χ0v) is 12.5. The van der Waals surface area contributed by atoms with E-state index in [1.165, 1.54) is 24.5 Å². The topological polar surface area (TPSA) is 83.8 Å². The van der Waals surface area contributed by atoms with Gasteiger partial charge in [0.25, 0.3) is 10.0 Å². The molecule has 8 heteroatoms. The lowest BCUT2D eigenvalue weighted by Crippen LogP contribution is -2.05. The zero-order chi connectivity index (χ0) is 13.3. The molecule has 0 aliphatic heterocycles. The number of sulfonamides is 1.